The van der Waals surface area contributed by atoms with Gasteiger partial charge in [0.25, 0.3) is 0 Å². The van der Waals surface area contributed by atoms with E-state index in [1.165, 1.54) is 12.1 Å². The monoisotopic (exact) mass is 221 g/mol. The van der Waals surface area contributed by atoms with Gasteiger partial charge in [-0.25, -0.2) is 4.39 Å². The van der Waals surface area contributed by atoms with Crippen LogP contribution in [0, 0.1) is 29.0 Å². The standard InChI is InChI=1S/C15H8FN/c16-15-9-7-13(8-10-15)2-1-12-3-5-14(11-17)6-4-12/h3-10H. The van der Waals surface area contributed by atoms with Crippen molar-refractivity contribution in [3.63, 3.8) is 0 Å². The number of hydrogen-bond donors (Lipinski definition) is 0. The first-order valence-corrected chi connectivity index (χ1v) is 5.06. The van der Waals surface area contributed by atoms with Crippen LogP contribution in [0.1, 0.15) is 16.7 Å². The van der Waals surface area contributed by atoms with Crippen molar-refractivity contribution in [3.8, 4) is 17.9 Å². The fourth-order valence-electron chi connectivity index (χ4n) is 1.31. The molecule has 2 heteroatoms. The molecule has 0 aliphatic rings. The topological polar surface area (TPSA) is 23.8 Å². The van der Waals surface area contributed by atoms with Crippen LogP contribution < -0.4 is 0 Å². The van der Waals surface area contributed by atoms with Crippen LogP contribution in [-0.4, -0.2) is 0 Å². The van der Waals surface area contributed by atoms with Crippen LogP contribution in [-0.2, 0) is 0 Å². The second-order valence-corrected chi connectivity index (χ2v) is 3.45. The minimum atomic E-state index is -0.270. The Bertz CT molecular complexity index is 607. The van der Waals surface area contributed by atoms with Crippen molar-refractivity contribution < 1.29 is 4.39 Å². The van der Waals surface area contributed by atoms with Crippen LogP contribution >= 0.6 is 0 Å². The van der Waals surface area contributed by atoms with E-state index >= 15 is 0 Å². The molecule has 80 valence electrons. The Morgan fingerprint density at radius 2 is 1.12 bits per heavy atom. The van der Waals surface area contributed by atoms with Gasteiger partial charge >= 0.3 is 0 Å². The molecule has 1 nitrogen and oxygen atoms in total. The van der Waals surface area contributed by atoms with Crippen molar-refractivity contribution in [1.29, 1.82) is 5.26 Å². The Morgan fingerprint density at radius 3 is 1.59 bits per heavy atom. The van der Waals surface area contributed by atoms with E-state index < -0.39 is 0 Å². The van der Waals surface area contributed by atoms with Crippen molar-refractivity contribution in [3.05, 3.63) is 71.0 Å². The summed E-state index contributed by atoms with van der Waals surface area (Å²) >= 11 is 0. The van der Waals surface area contributed by atoms with Gasteiger partial charge in [0, 0.05) is 11.1 Å². The summed E-state index contributed by atoms with van der Waals surface area (Å²) in [6, 6.07) is 15.1. The molecule has 0 amide bonds. The summed E-state index contributed by atoms with van der Waals surface area (Å²) < 4.78 is 12.7. The summed E-state index contributed by atoms with van der Waals surface area (Å²) in [6.07, 6.45) is 0. The van der Waals surface area contributed by atoms with Gasteiger partial charge < -0.3 is 0 Å². The molecule has 0 aromatic heterocycles. The van der Waals surface area contributed by atoms with Crippen LogP contribution in [0.4, 0.5) is 4.39 Å². The minimum Gasteiger partial charge on any atom is -0.207 e. The van der Waals surface area contributed by atoms with E-state index in [2.05, 4.69) is 11.8 Å². The van der Waals surface area contributed by atoms with Gasteiger partial charge in [-0.1, -0.05) is 11.8 Å². The first kappa shape index (κ1) is 10.9. The zero-order valence-electron chi connectivity index (χ0n) is 8.94. The molecule has 0 radical (unpaired) electrons. The van der Waals surface area contributed by atoms with Gasteiger partial charge in [0.1, 0.15) is 5.82 Å². The Balaban J connectivity index is 2.21. The van der Waals surface area contributed by atoms with E-state index in [4.69, 9.17) is 5.26 Å². The van der Waals surface area contributed by atoms with E-state index in [-0.39, 0.29) is 5.82 Å². The van der Waals surface area contributed by atoms with Crippen molar-refractivity contribution in [1.82, 2.24) is 0 Å². The molecular formula is C15H8FN. The van der Waals surface area contributed by atoms with E-state index in [0.29, 0.717) is 5.56 Å². The molecule has 2 aromatic rings. The molecule has 2 aromatic carbocycles. The number of nitriles is 1. The number of hydrogen-bond acceptors (Lipinski definition) is 1. The predicted octanol–water partition coefficient (Wildman–Crippen LogP) is 3.10. The van der Waals surface area contributed by atoms with Crippen molar-refractivity contribution in [2.75, 3.05) is 0 Å². The average molecular weight is 221 g/mol. The third-order valence-corrected chi connectivity index (χ3v) is 2.21. The van der Waals surface area contributed by atoms with E-state index in [9.17, 15) is 4.39 Å². The normalized spacial score (nSPS) is 8.94. The molecular weight excluding hydrogens is 213 g/mol. The Hall–Kier alpha value is -2.58. The maximum Gasteiger partial charge on any atom is 0.123 e. The highest BCUT2D eigenvalue weighted by molar-refractivity contribution is 5.44. The lowest BCUT2D eigenvalue weighted by Gasteiger charge is -1.91. The van der Waals surface area contributed by atoms with Gasteiger partial charge in [0.05, 0.1) is 11.6 Å². The predicted molar refractivity (Wildman–Crippen MR) is 63.5 cm³/mol. The third kappa shape index (κ3) is 2.93. The van der Waals surface area contributed by atoms with Crippen molar-refractivity contribution in [2.24, 2.45) is 0 Å². The van der Waals surface area contributed by atoms with Crippen LogP contribution in [0.2, 0.25) is 0 Å². The van der Waals surface area contributed by atoms with Crippen LogP contribution in [0.3, 0.4) is 0 Å². The smallest absolute Gasteiger partial charge is 0.123 e. The lowest BCUT2D eigenvalue weighted by atomic mass is 10.1. The number of halogens is 1. The molecule has 0 bridgehead atoms. The molecule has 0 fully saturated rings. The SMILES string of the molecule is N#Cc1ccc(C#Cc2ccc(F)cc2)cc1. The molecule has 0 aliphatic carbocycles. The molecule has 0 atom stereocenters. The second-order valence-electron chi connectivity index (χ2n) is 3.45. The number of benzene rings is 2. The van der Waals surface area contributed by atoms with Crippen molar-refractivity contribution in [2.45, 2.75) is 0 Å². The molecule has 2 rings (SSSR count). The lowest BCUT2D eigenvalue weighted by Crippen LogP contribution is -1.78. The fourth-order valence-corrected chi connectivity index (χ4v) is 1.31. The van der Waals surface area contributed by atoms with E-state index in [1.54, 1.807) is 36.4 Å². The van der Waals surface area contributed by atoms with Gasteiger partial charge in [-0.15, -0.1) is 0 Å². The van der Waals surface area contributed by atoms with Crippen molar-refractivity contribution >= 4 is 0 Å². The molecule has 0 N–H and O–H groups in total. The van der Waals surface area contributed by atoms with Gasteiger partial charge in [-0.3, -0.25) is 0 Å². The number of rotatable bonds is 0. The van der Waals surface area contributed by atoms with E-state index in [1.807, 2.05) is 6.07 Å². The van der Waals surface area contributed by atoms with Crippen LogP contribution in [0.15, 0.2) is 48.5 Å². The summed E-state index contributed by atoms with van der Waals surface area (Å²) in [5.74, 6) is 5.61. The molecule has 0 saturated carbocycles. The Morgan fingerprint density at radius 1 is 0.706 bits per heavy atom. The molecule has 17 heavy (non-hydrogen) atoms. The average Bonchev–Trinajstić information content (AvgIpc) is 2.39. The van der Waals surface area contributed by atoms with Gasteiger partial charge in [0.15, 0.2) is 0 Å². The first-order valence-electron chi connectivity index (χ1n) is 5.06. The zero-order chi connectivity index (χ0) is 12.1. The Kier molecular flexibility index (Phi) is 3.19. The van der Waals surface area contributed by atoms with Gasteiger partial charge in [-0.05, 0) is 48.5 Å². The number of nitrogens with zero attached hydrogens (tertiary/aromatic N) is 1. The third-order valence-electron chi connectivity index (χ3n) is 2.21. The maximum atomic E-state index is 12.7. The molecule has 0 unspecified atom stereocenters. The molecule has 0 aliphatic heterocycles. The zero-order valence-corrected chi connectivity index (χ0v) is 8.94. The minimum absolute atomic E-state index is 0.270. The maximum absolute atomic E-state index is 12.7. The highest BCUT2D eigenvalue weighted by Gasteiger charge is 1.91. The summed E-state index contributed by atoms with van der Waals surface area (Å²) in [4.78, 5) is 0. The molecule has 0 heterocycles. The quantitative estimate of drug-likeness (QED) is 0.627. The summed E-state index contributed by atoms with van der Waals surface area (Å²) in [7, 11) is 0. The van der Waals surface area contributed by atoms with Gasteiger partial charge in [-0.2, -0.15) is 5.26 Å². The van der Waals surface area contributed by atoms with E-state index in [0.717, 1.165) is 11.1 Å². The highest BCUT2D eigenvalue weighted by atomic mass is 19.1. The molecule has 0 saturated heterocycles. The highest BCUT2D eigenvalue weighted by Crippen LogP contribution is 2.04. The summed E-state index contributed by atoms with van der Waals surface area (Å²) in [5, 5.41) is 8.64. The fraction of sp³-hybridized carbons (Fsp3) is 0. The largest absolute Gasteiger partial charge is 0.207 e. The van der Waals surface area contributed by atoms with Crippen LogP contribution in [0.25, 0.3) is 0 Å². The lowest BCUT2D eigenvalue weighted by molar-refractivity contribution is 0.627. The summed E-state index contributed by atoms with van der Waals surface area (Å²) in [5.41, 5.74) is 2.20. The second kappa shape index (κ2) is 4.96. The van der Waals surface area contributed by atoms with Crippen LogP contribution in [0.5, 0.6) is 0 Å². The molecule has 0 spiro atoms. The Labute approximate surface area is 99.1 Å². The summed E-state index contributed by atoms with van der Waals surface area (Å²) in [6.45, 7) is 0. The van der Waals surface area contributed by atoms with Gasteiger partial charge in [0.2, 0.25) is 0 Å². The first-order chi connectivity index (χ1) is 8.28.